The predicted octanol–water partition coefficient (Wildman–Crippen LogP) is 3.50. The average molecular weight is 238 g/mol. The summed E-state index contributed by atoms with van der Waals surface area (Å²) in [6.07, 6.45) is 0.895. The topological polar surface area (TPSA) is 59.0 Å². The third-order valence-electron chi connectivity index (χ3n) is 2.71. The second-order valence-corrected chi connectivity index (χ2v) is 3.93. The summed E-state index contributed by atoms with van der Waals surface area (Å²) in [5.41, 5.74) is 7.99. The van der Waals surface area contributed by atoms with Gasteiger partial charge in [0.05, 0.1) is 17.3 Å². The normalized spacial score (nSPS) is 9.78. The van der Waals surface area contributed by atoms with Gasteiger partial charge in [0.15, 0.2) is 0 Å². The Kier molecular flexibility index (Phi) is 3.49. The number of hydrogen-bond acceptors (Lipinski definition) is 3. The Labute approximate surface area is 106 Å². The summed E-state index contributed by atoms with van der Waals surface area (Å²) in [7, 11) is 0. The third-order valence-corrected chi connectivity index (χ3v) is 2.71. The van der Waals surface area contributed by atoms with E-state index >= 15 is 0 Å². The number of ether oxygens (including phenoxy) is 1. The Bertz CT molecular complexity index is 600. The fourth-order valence-electron chi connectivity index (χ4n) is 1.72. The number of rotatable bonds is 3. The number of nitrogens with zero attached hydrogens (tertiary/aromatic N) is 1. The maximum atomic E-state index is 8.78. The average Bonchev–Trinajstić information content (AvgIpc) is 2.41. The van der Waals surface area contributed by atoms with Crippen LogP contribution in [0.3, 0.4) is 0 Å². The van der Waals surface area contributed by atoms with Crippen molar-refractivity contribution in [1.82, 2.24) is 0 Å². The highest BCUT2D eigenvalue weighted by molar-refractivity contribution is 5.58. The summed E-state index contributed by atoms with van der Waals surface area (Å²) in [6, 6.07) is 14.9. The summed E-state index contributed by atoms with van der Waals surface area (Å²) in [6.45, 7) is 2.07. The molecular weight excluding hydrogens is 224 g/mol. The molecular formula is C15H14N2O. The molecule has 0 heterocycles. The Balaban J connectivity index is 2.32. The highest BCUT2D eigenvalue weighted by Crippen LogP contribution is 2.30. The first-order valence-corrected chi connectivity index (χ1v) is 5.80. The molecule has 0 aliphatic heterocycles. The smallest absolute Gasteiger partial charge is 0.150 e. The molecule has 0 atom stereocenters. The number of anilines is 1. The van der Waals surface area contributed by atoms with Crippen molar-refractivity contribution in [2.75, 3.05) is 5.73 Å². The van der Waals surface area contributed by atoms with E-state index in [4.69, 9.17) is 15.7 Å². The van der Waals surface area contributed by atoms with Crippen molar-refractivity contribution in [2.45, 2.75) is 13.3 Å². The highest BCUT2D eigenvalue weighted by Gasteiger charge is 2.06. The number of hydrogen-bond donors (Lipinski definition) is 1. The van der Waals surface area contributed by atoms with Gasteiger partial charge >= 0.3 is 0 Å². The van der Waals surface area contributed by atoms with Crippen LogP contribution in [-0.4, -0.2) is 0 Å². The lowest BCUT2D eigenvalue weighted by molar-refractivity contribution is 0.479. The Morgan fingerprint density at radius 1 is 1.17 bits per heavy atom. The number of aryl methyl sites for hydroxylation is 1. The maximum Gasteiger partial charge on any atom is 0.150 e. The van der Waals surface area contributed by atoms with Gasteiger partial charge < -0.3 is 10.5 Å². The lowest BCUT2D eigenvalue weighted by Crippen LogP contribution is -1.95. The molecule has 0 aliphatic rings. The van der Waals surface area contributed by atoms with Crippen LogP contribution in [0.1, 0.15) is 18.1 Å². The third kappa shape index (κ3) is 2.44. The molecule has 0 aromatic heterocycles. The van der Waals surface area contributed by atoms with Gasteiger partial charge in [-0.3, -0.25) is 0 Å². The zero-order valence-corrected chi connectivity index (χ0v) is 10.2. The second-order valence-electron chi connectivity index (χ2n) is 3.93. The minimum Gasteiger partial charge on any atom is -0.455 e. The molecule has 0 spiro atoms. The fourth-order valence-corrected chi connectivity index (χ4v) is 1.72. The van der Waals surface area contributed by atoms with Crippen LogP contribution in [-0.2, 0) is 6.42 Å². The molecule has 90 valence electrons. The zero-order chi connectivity index (χ0) is 13.0. The van der Waals surface area contributed by atoms with Crippen LogP contribution in [0.2, 0.25) is 0 Å². The standard InChI is InChI=1S/C15H14N2O/c1-2-12-5-3-4-6-14(12)18-15-8-7-11(10-16)9-13(15)17/h3-9H,2,17H2,1H3. The molecule has 0 saturated carbocycles. The Hall–Kier alpha value is -2.47. The molecule has 0 unspecified atom stereocenters. The first-order chi connectivity index (χ1) is 8.74. The number of benzene rings is 2. The van der Waals surface area contributed by atoms with Crippen LogP contribution in [0.5, 0.6) is 11.5 Å². The zero-order valence-electron chi connectivity index (χ0n) is 10.2. The van der Waals surface area contributed by atoms with Crippen LogP contribution < -0.4 is 10.5 Å². The van der Waals surface area contributed by atoms with Crippen molar-refractivity contribution in [3.63, 3.8) is 0 Å². The van der Waals surface area contributed by atoms with Crippen molar-refractivity contribution in [3.8, 4) is 17.6 Å². The van der Waals surface area contributed by atoms with E-state index < -0.39 is 0 Å². The molecule has 0 saturated heterocycles. The summed E-state index contributed by atoms with van der Waals surface area (Å²) < 4.78 is 5.80. The summed E-state index contributed by atoms with van der Waals surface area (Å²) >= 11 is 0. The molecule has 2 N–H and O–H groups in total. The van der Waals surface area contributed by atoms with E-state index in [0.717, 1.165) is 17.7 Å². The van der Waals surface area contributed by atoms with Crippen molar-refractivity contribution >= 4 is 5.69 Å². The van der Waals surface area contributed by atoms with Gasteiger partial charge in [0, 0.05) is 0 Å². The van der Waals surface area contributed by atoms with E-state index in [1.54, 1.807) is 18.2 Å². The molecule has 3 nitrogen and oxygen atoms in total. The maximum absolute atomic E-state index is 8.78. The van der Waals surface area contributed by atoms with Gasteiger partial charge in [-0.1, -0.05) is 25.1 Å². The minimum absolute atomic E-state index is 0.472. The van der Waals surface area contributed by atoms with Gasteiger partial charge in [-0.2, -0.15) is 5.26 Å². The number of nitrogen functional groups attached to an aromatic ring is 1. The first-order valence-electron chi connectivity index (χ1n) is 5.80. The van der Waals surface area contributed by atoms with Crippen LogP contribution in [0.15, 0.2) is 42.5 Å². The summed E-state index contributed by atoms with van der Waals surface area (Å²) in [4.78, 5) is 0. The first kappa shape index (κ1) is 12.0. The molecule has 0 bridgehead atoms. The SMILES string of the molecule is CCc1ccccc1Oc1ccc(C#N)cc1N. The van der Waals surface area contributed by atoms with Gasteiger partial charge in [-0.25, -0.2) is 0 Å². The van der Waals surface area contributed by atoms with E-state index in [0.29, 0.717) is 17.0 Å². The molecule has 2 rings (SSSR count). The molecule has 0 radical (unpaired) electrons. The summed E-state index contributed by atoms with van der Waals surface area (Å²) in [5, 5.41) is 8.78. The van der Waals surface area contributed by atoms with Gasteiger partial charge in [-0.15, -0.1) is 0 Å². The molecule has 0 fully saturated rings. The van der Waals surface area contributed by atoms with Crippen molar-refractivity contribution in [2.24, 2.45) is 0 Å². The van der Waals surface area contributed by atoms with Gasteiger partial charge in [0.25, 0.3) is 0 Å². The van der Waals surface area contributed by atoms with Crippen LogP contribution in [0, 0.1) is 11.3 Å². The van der Waals surface area contributed by atoms with E-state index in [2.05, 4.69) is 6.92 Å². The molecule has 3 heteroatoms. The van der Waals surface area contributed by atoms with Crippen molar-refractivity contribution in [3.05, 3.63) is 53.6 Å². The van der Waals surface area contributed by atoms with Gasteiger partial charge in [-0.05, 0) is 36.2 Å². The fraction of sp³-hybridized carbons (Fsp3) is 0.133. The number of nitriles is 1. The highest BCUT2D eigenvalue weighted by atomic mass is 16.5. The molecule has 0 aliphatic carbocycles. The van der Waals surface area contributed by atoms with Crippen molar-refractivity contribution < 1.29 is 4.74 Å². The monoisotopic (exact) mass is 238 g/mol. The minimum atomic E-state index is 0.472. The predicted molar refractivity (Wildman–Crippen MR) is 71.5 cm³/mol. The van der Waals surface area contributed by atoms with E-state index in [1.807, 2.05) is 30.3 Å². The van der Waals surface area contributed by atoms with E-state index in [-0.39, 0.29) is 0 Å². The van der Waals surface area contributed by atoms with Crippen LogP contribution >= 0.6 is 0 Å². The number of para-hydroxylation sites is 1. The molecule has 0 amide bonds. The Morgan fingerprint density at radius 3 is 2.61 bits per heavy atom. The largest absolute Gasteiger partial charge is 0.455 e. The summed E-state index contributed by atoms with van der Waals surface area (Å²) in [5.74, 6) is 1.38. The molecule has 18 heavy (non-hydrogen) atoms. The Morgan fingerprint density at radius 2 is 1.94 bits per heavy atom. The van der Waals surface area contributed by atoms with Gasteiger partial charge in [0.2, 0.25) is 0 Å². The number of nitrogens with two attached hydrogens (primary N) is 1. The van der Waals surface area contributed by atoms with E-state index in [1.165, 1.54) is 0 Å². The van der Waals surface area contributed by atoms with E-state index in [9.17, 15) is 0 Å². The van der Waals surface area contributed by atoms with Crippen molar-refractivity contribution in [1.29, 1.82) is 5.26 Å². The lowest BCUT2D eigenvalue weighted by Gasteiger charge is -2.11. The van der Waals surface area contributed by atoms with Crippen LogP contribution in [0.4, 0.5) is 5.69 Å². The van der Waals surface area contributed by atoms with Gasteiger partial charge in [0.1, 0.15) is 11.5 Å². The second kappa shape index (κ2) is 5.24. The van der Waals surface area contributed by atoms with Crippen LogP contribution in [0.25, 0.3) is 0 Å². The lowest BCUT2D eigenvalue weighted by atomic mass is 10.1. The molecule has 2 aromatic carbocycles. The quantitative estimate of drug-likeness (QED) is 0.832. The molecule has 2 aromatic rings.